The molecule has 2 N–H and O–H groups in total. The van der Waals surface area contributed by atoms with Gasteiger partial charge in [-0.1, -0.05) is 24.3 Å². The number of amides is 1. The Hall–Kier alpha value is -2.28. The summed E-state index contributed by atoms with van der Waals surface area (Å²) in [4.78, 5) is 18.2. The SMILES string of the molecule is CCNC(=NCc1ccc(CN(C)C(=O)OC(C)(C)C)cc1)NCCOC. The quantitative estimate of drug-likeness (QED) is 0.413. The number of guanidine groups is 1. The highest BCUT2D eigenvalue weighted by Crippen LogP contribution is 2.12. The Kier molecular flexibility index (Phi) is 9.64. The Morgan fingerprint density at radius 3 is 2.33 bits per heavy atom. The maximum absolute atomic E-state index is 12.0. The van der Waals surface area contributed by atoms with E-state index in [1.807, 2.05) is 52.0 Å². The number of ether oxygens (including phenoxy) is 2. The molecule has 0 fully saturated rings. The van der Waals surface area contributed by atoms with Crippen molar-refractivity contribution in [3.05, 3.63) is 35.4 Å². The van der Waals surface area contributed by atoms with Gasteiger partial charge in [0.15, 0.2) is 5.96 Å². The normalized spacial score (nSPS) is 11.9. The standard InChI is InChI=1S/C20H34N4O3/c1-7-21-18(22-12-13-26-6)23-14-16-8-10-17(11-9-16)15-24(5)19(25)27-20(2,3)4/h8-11H,7,12-15H2,1-6H3,(H2,21,22,23). The number of methoxy groups -OCH3 is 1. The molecule has 0 aliphatic rings. The van der Waals surface area contributed by atoms with Gasteiger partial charge in [-0.25, -0.2) is 9.79 Å². The lowest BCUT2D eigenvalue weighted by atomic mass is 10.1. The third kappa shape index (κ3) is 9.84. The van der Waals surface area contributed by atoms with E-state index in [0.717, 1.165) is 23.6 Å². The van der Waals surface area contributed by atoms with Crippen molar-refractivity contribution in [3.63, 3.8) is 0 Å². The summed E-state index contributed by atoms with van der Waals surface area (Å²) in [6, 6.07) is 8.08. The molecule has 0 radical (unpaired) electrons. The highest BCUT2D eigenvalue weighted by atomic mass is 16.6. The van der Waals surface area contributed by atoms with Crippen LogP contribution in [0.1, 0.15) is 38.8 Å². The molecule has 1 aromatic carbocycles. The summed E-state index contributed by atoms with van der Waals surface area (Å²) in [6.45, 7) is 10.8. The van der Waals surface area contributed by atoms with Crippen molar-refractivity contribution in [1.82, 2.24) is 15.5 Å². The molecule has 152 valence electrons. The summed E-state index contributed by atoms with van der Waals surface area (Å²) >= 11 is 0. The maximum atomic E-state index is 12.0. The number of benzene rings is 1. The van der Waals surface area contributed by atoms with Crippen LogP contribution in [0, 0.1) is 0 Å². The van der Waals surface area contributed by atoms with E-state index in [-0.39, 0.29) is 6.09 Å². The second-order valence-electron chi connectivity index (χ2n) is 7.27. The first-order chi connectivity index (χ1) is 12.7. The fourth-order valence-corrected chi connectivity index (χ4v) is 2.21. The highest BCUT2D eigenvalue weighted by Gasteiger charge is 2.19. The highest BCUT2D eigenvalue weighted by molar-refractivity contribution is 5.79. The van der Waals surface area contributed by atoms with E-state index in [1.54, 1.807) is 19.1 Å². The van der Waals surface area contributed by atoms with Crippen LogP contribution < -0.4 is 10.6 Å². The maximum Gasteiger partial charge on any atom is 0.410 e. The fraction of sp³-hybridized carbons (Fsp3) is 0.600. The molecule has 0 spiro atoms. The summed E-state index contributed by atoms with van der Waals surface area (Å²) in [7, 11) is 3.41. The van der Waals surface area contributed by atoms with Crippen LogP contribution >= 0.6 is 0 Å². The number of nitrogens with one attached hydrogen (secondary N) is 2. The molecule has 0 bridgehead atoms. The minimum atomic E-state index is -0.491. The van der Waals surface area contributed by atoms with Crippen LogP contribution in [0.25, 0.3) is 0 Å². The van der Waals surface area contributed by atoms with Crippen molar-refractivity contribution in [2.75, 3.05) is 33.9 Å². The lowest BCUT2D eigenvalue weighted by molar-refractivity contribution is 0.0285. The van der Waals surface area contributed by atoms with Gasteiger partial charge in [-0.2, -0.15) is 0 Å². The molecule has 27 heavy (non-hydrogen) atoms. The Bertz CT molecular complexity index is 594. The van der Waals surface area contributed by atoms with Gasteiger partial charge in [-0.05, 0) is 38.8 Å². The first-order valence-electron chi connectivity index (χ1n) is 9.28. The second-order valence-corrected chi connectivity index (χ2v) is 7.27. The van der Waals surface area contributed by atoms with Crippen LogP contribution in [0.2, 0.25) is 0 Å². The predicted octanol–water partition coefficient (Wildman–Crippen LogP) is 2.76. The van der Waals surface area contributed by atoms with Crippen molar-refractivity contribution >= 4 is 12.1 Å². The lowest BCUT2D eigenvalue weighted by Gasteiger charge is -2.24. The zero-order valence-electron chi connectivity index (χ0n) is 17.5. The van der Waals surface area contributed by atoms with Gasteiger partial charge in [0.05, 0.1) is 13.2 Å². The van der Waals surface area contributed by atoms with Crippen LogP contribution in [-0.4, -0.2) is 56.4 Å². The van der Waals surface area contributed by atoms with E-state index < -0.39 is 5.60 Å². The summed E-state index contributed by atoms with van der Waals surface area (Å²) in [5.74, 6) is 0.767. The molecule has 0 aliphatic heterocycles. The molecule has 0 unspecified atom stereocenters. The lowest BCUT2D eigenvalue weighted by Crippen LogP contribution is -2.38. The van der Waals surface area contributed by atoms with E-state index in [0.29, 0.717) is 26.2 Å². The Balaban J connectivity index is 2.59. The molecule has 1 aromatic rings. The smallest absolute Gasteiger partial charge is 0.410 e. The third-order valence-corrected chi connectivity index (χ3v) is 3.51. The monoisotopic (exact) mass is 378 g/mol. The topological polar surface area (TPSA) is 75.2 Å². The van der Waals surface area contributed by atoms with Gasteiger partial charge in [-0.15, -0.1) is 0 Å². The fourth-order valence-electron chi connectivity index (χ4n) is 2.21. The number of carbonyl (C=O) groups excluding carboxylic acids is 1. The van der Waals surface area contributed by atoms with Gasteiger partial charge >= 0.3 is 6.09 Å². The van der Waals surface area contributed by atoms with Gasteiger partial charge in [0, 0.05) is 33.8 Å². The summed E-state index contributed by atoms with van der Waals surface area (Å²) in [6.07, 6.45) is -0.325. The zero-order chi connectivity index (χ0) is 20.3. The Morgan fingerprint density at radius 2 is 1.78 bits per heavy atom. The van der Waals surface area contributed by atoms with Gasteiger partial charge in [0.25, 0.3) is 0 Å². The average molecular weight is 379 g/mol. The molecule has 1 amide bonds. The minimum absolute atomic E-state index is 0.325. The van der Waals surface area contributed by atoms with Crippen molar-refractivity contribution in [3.8, 4) is 0 Å². The van der Waals surface area contributed by atoms with Crippen LogP contribution in [-0.2, 0) is 22.6 Å². The van der Waals surface area contributed by atoms with Crippen LogP contribution in [0.3, 0.4) is 0 Å². The van der Waals surface area contributed by atoms with Gasteiger partial charge < -0.3 is 25.0 Å². The third-order valence-electron chi connectivity index (χ3n) is 3.51. The number of rotatable bonds is 8. The molecular weight excluding hydrogens is 344 g/mol. The minimum Gasteiger partial charge on any atom is -0.444 e. The van der Waals surface area contributed by atoms with Crippen molar-refractivity contribution in [1.29, 1.82) is 0 Å². The van der Waals surface area contributed by atoms with E-state index in [2.05, 4.69) is 15.6 Å². The average Bonchev–Trinajstić information content (AvgIpc) is 2.59. The summed E-state index contributed by atoms with van der Waals surface area (Å²) < 4.78 is 10.4. The molecule has 1 rings (SSSR count). The first kappa shape index (κ1) is 22.8. The molecule has 0 saturated heterocycles. The van der Waals surface area contributed by atoms with E-state index >= 15 is 0 Å². The first-order valence-corrected chi connectivity index (χ1v) is 9.28. The van der Waals surface area contributed by atoms with E-state index in [1.165, 1.54) is 0 Å². The summed E-state index contributed by atoms with van der Waals surface area (Å²) in [5.41, 5.74) is 1.65. The molecule has 0 atom stereocenters. The van der Waals surface area contributed by atoms with Crippen molar-refractivity contribution in [2.24, 2.45) is 4.99 Å². The van der Waals surface area contributed by atoms with E-state index in [4.69, 9.17) is 9.47 Å². The van der Waals surface area contributed by atoms with Crippen LogP contribution in [0.5, 0.6) is 0 Å². The van der Waals surface area contributed by atoms with Crippen molar-refractivity contribution in [2.45, 2.75) is 46.4 Å². The number of aliphatic imine (C=N–C) groups is 1. The molecule has 0 saturated carbocycles. The second kappa shape index (κ2) is 11.4. The van der Waals surface area contributed by atoms with Crippen molar-refractivity contribution < 1.29 is 14.3 Å². The predicted molar refractivity (Wildman–Crippen MR) is 109 cm³/mol. The van der Waals surface area contributed by atoms with Gasteiger partial charge in [-0.3, -0.25) is 0 Å². The van der Waals surface area contributed by atoms with Gasteiger partial charge in [0.1, 0.15) is 5.60 Å². The molecule has 7 nitrogen and oxygen atoms in total. The van der Waals surface area contributed by atoms with E-state index in [9.17, 15) is 4.79 Å². The number of nitrogens with zero attached hydrogens (tertiary/aromatic N) is 2. The van der Waals surface area contributed by atoms with Gasteiger partial charge in [0.2, 0.25) is 0 Å². The molecule has 0 heterocycles. The number of hydrogen-bond acceptors (Lipinski definition) is 4. The molecule has 0 aliphatic carbocycles. The zero-order valence-corrected chi connectivity index (χ0v) is 17.5. The number of hydrogen-bond donors (Lipinski definition) is 2. The summed E-state index contributed by atoms with van der Waals surface area (Å²) in [5, 5.41) is 6.42. The Morgan fingerprint density at radius 1 is 1.15 bits per heavy atom. The molecule has 0 aromatic heterocycles. The largest absolute Gasteiger partial charge is 0.444 e. The molecular formula is C20H34N4O3. The van der Waals surface area contributed by atoms with Crippen LogP contribution in [0.4, 0.5) is 4.79 Å². The molecule has 7 heteroatoms. The Labute approximate surface area is 163 Å². The van der Waals surface area contributed by atoms with Crippen LogP contribution in [0.15, 0.2) is 29.3 Å². The number of carbonyl (C=O) groups is 1.